The van der Waals surface area contributed by atoms with Gasteiger partial charge in [-0.1, -0.05) is 30.9 Å². The Kier molecular flexibility index (Phi) is 5.68. The lowest BCUT2D eigenvalue weighted by Crippen LogP contribution is -2.40. The first-order valence-electron chi connectivity index (χ1n) is 5.13. The third kappa shape index (κ3) is 9.01. The fourth-order valence-electron chi connectivity index (χ4n) is 1.03. The van der Waals surface area contributed by atoms with Gasteiger partial charge < -0.3 is 5.32 Å². The van der Waals surface area contributed by atoms with E-state index in [-0.39, 0.29) is 11.4 Å². The zero-order valence-electron chi connectivity index (χ0n) is 10.1. The maximum Gasteiger partial charge on any atom is 0.224 e. The van der Waals surface area contributed by atoms with Crippen LogP contribution in [0.25, 0.3) is 0 Å². The van der Waals surface area contributed by atoms with E-state index in [4.69, 9.17) is 0 Å². The molecule has 0 aromatic rings. The van der Waals surface area contributed by atoms with Gasteiger partial charge in [-0.2, -0.15) is 0 Å². The summed E-state index contributed by atoms with van der Waals surface area (Å²) in [6.07, 6.45) is 7.92. The van der Waals surface area contributed by atoms with Crippen LogP contribution in [0.1, 0.15) is 34.1 Å². The van der Waals surface area contributed by atoms with Crippen molar-refractivity contribution in [3.8, 4) is 0 Å². The van der Waals surface area contributed by atoms with Crippen molar-refractivity contribution >= 4 is 5.91 Å². The molecule has 1 N–H and O–H groups in total. The van der Waals surface area contributed by atoms with Gasteiger partial charge in [0.25, 0.3) is 0 Å². The molecule has 15 heavy (non-hydrogen) atoms. The van der Waals surface area contributed by atoms with E-state index in [0.717, 1.165) is 5.57 Å². The first-order chi connectivity index (χ1) is 6.85. The van der Waals surface area contributed by atoms with Crippen molar-refractivity contribution in [3.05, 3.63) is 36.5 Å². The number of allylic oxidation sites excluding steroid dienone is 4. The largest absolute Gasteiger partial charge is 0.351 e. The van der Waals surface area contributed by atoms with Crippen LogP contribution in [0, 0.1) is 0 Å². The Morgan fingerprint density at radius 2 is 1.93 bits per heavy atom. The van der Waals surface area contributed by atoms with Crippen LogP contribution in [0.15, 0.2) is 36.5 Å². The van der Waals surface area contributed by atoms with Crippen molar-refractivity contribution < 1.29 is 4.79 Å². The molecule has 0 radical (unpaired) electrons. The Balaban J connectivity index is 4.03. The number of nitrogens with one attached hydrogen (secondary N) is 1. The highest BCUT2D eigenvalue weighted by atomic mass is 16.1. The van der Waals surface area contributed by atoms with Gasteiger partial charge in [-0.05, 0) is 33.3 Å². The fourth-order valence-corrected chi connectivity index (χ4v) is 1.03. The number of rotatable bonds is 4. The summed E-state index contributed by atoms with van der Waals surface area (Å²) >= 11 is 0. The van der Waals surface area contributed by atoms with Crippen LogP contribution in [0.3, 0.4) is 0 Å². The number of amides is 1. The molecule has 1 amide bonds. The van der Waals surface area contributed by atoms with E-state index in [1.807, 2.05) is 52.0 Å². The molecule has 0 bridgehead atoms. The predicted molar refractivity (Wildman–Crippen MR) is 65.6 cm³/mol. The highest BCUT2D eigenvalue weighted by Crippen LogP contribution is 2.04. The molecule has 0 heterocycles. The molecule has 0 saturated heterocycles. The molecule has 2 nitrogen and oxygen atoms in total. The summed E-state index contributed by atoms with van der Waals surface area (Å²) in [6, 6.07) is 0. The van der Waals surface area contributed by atoms with Crippen molar-refractivity contribution in [1.82, 2.24) is 5.32 Å². The van der Waals surface area contributed by atoms with Crippen molar-refractivity contribution in [3.63, 3.8) is 0 Å². The molecule has 0 atom stereocenters. The second-order valence-corrected chi connectivity index (χ2v) is 4.52. The molecule has 0 aliphatic heterocycles. The zero-order chi connectivity index (χ0) is 11.9. The first-order valence-corrected chi connectivity index (χ1v) is 5.13. The van der Waals surface area contributed by atoms with E-state index in [1.54, 1.807) is 0 Å². The van der Waals surface area contributed by atoms with Gasteiger partial charge in [0.05, 0.1) is 6.42 Å². The normalized spacial score (nSPS) is 12.3. The van der Waals surface area contributed by atoms with Crippen LogP contribution in [0.2, 0.25) is 0 Å². The van der Waals surface area contributed by atoms with E-state index in [1.165, 1.54) is 0 Å². The number of carbonyl (C=O) groups excluding carboxylic acids is 1. The maximum atomic E-state index is 11.5. The molecule has 0 aliphatic rings. The minimum atomic E-state index is -0.176. The van der Waals surface area contributed by atoms with Crippen molar-refractivity contribution in [2.45, 2.75) is 39.7 Å². The van der Waals surface area contributed by atoms with E-state index >= 15 is 0 Å². The topological polar surface area (TPSA) is 29.1 Å². The van der Waals surface area contributed by atoms with Crippen LogP contribution >= 0.6 is 0 Å². The Labute approximate surface area is 92.8 Å². The standard InChI is InChI=1S/C13H21NO/c1-6-7-8-9-11(2)10-12(15)14-13(3,4)5/h6-9H,2,10H2,1,3-5H3,(H,14,15)/b7-6-,9-8-. The van der Waals surface area contributed by atoms with Gasteiger partial charge in [0.1, 0.15) is 0 Å². The minimum absolute atomic E-state index is 0.0117. The summed E-state index contributed by atoms with van der Waals surface area (Å²) in [5.74, 6) is 0.0117. The predicted octanol–water partition coefficient (Wildman–Crippen LogP) is 2.98. The van der Waals surface area contributed by atoms with E-state index in [0.29, 0.717) is 6.42 Å². The van der Waals surface area contributed by atoms with Gasteiger partial charge in [0.2, 0.25) is 5.91 Å². The van der Waals surface area contributed by atoms with Crippen LogP contribution in [0.4, 0.5) is 0 Å². The van der Waals surface area contributed by atoms with Gasteiger partial charge in [-0.25, -0.2) is 0 Å². The molecular formula is C13H21NO. The van der Waals surface area contributed by atoms with Gasteiger partial charge in [0.15, 0.2) is 0 Å². The number of hydrogen-bond acceptors (Lipinski definition) is 1. The quantitative estimate of drug-likeness (QED) is 0.705. The van der Waals surface area contributed by atoms with Crippen molar-refractivity contribution in [2.75, 3.05) is 0 Å². The van der Waals surface area contributed by atoms with Gasteiger partial charge >= 0.3 is 0 Å². The molecule has 2 heteroatoms. The molecule has 0 spiro atoms. The molecule has 0 fully saturated rings. The molecule has 0 aromatic heterocycles. The number of carbonyl (C=O) groups is 1. The van der Waals surface area contributed by atoms with E-state index < -0.39 is 0 Å². The minimum Gasteiger partial charge on any atom is -0.351 e. The summed E-state index contributed by atoms with van der Waals surface area (Å²) in [4.78, 5) is 11.5. The Morgan fingerprint density at radius 1 is 1.33 bits per heavy atom. The van der Waals surface area contributed by atoms with Crippen LogP contribution < -0.4 is 5.32 Å². The summed E-state index contributed by atoms with van der Waals surface area (Å²) in [5.41, 5.74) is 0.638. The molecule has 0 rings (SSSR count). The second kappa shape index (κ2) is 6.23. The van der Waals surface area contributed by atoms with Gasteiger partial charge in [0, 0.05) is 5.54 Å². The molecule has 84 valence electrons. The Bertz CT molecular complexity index is 279. The van der Waals surface area contributed by atoms with Crippen molar-refractivity contribution in [1.29, 1.82) is 0 Å². The summed E-state index contributed by atoms with van der Waals surface area (Å²) < 4.78 is 0. The van der Waals surface area contributed by atoms with Gasteiger partial charge in [-0.3, -0.25) is 4.79 Å². The number of hydrogen-bond donors (Lipinski definition) is 1. The maximum absolute atomic E-state index is 11.5. The van der Waals surface area contributed by atoms with Crippen LogP contribution in [-0.4, -0.2) is 11.4 Å². The molecular weight excluding hydrogens is 186 g/mol. The Morgan fingerprint density at radius 3 is 2.40 bits per heavy atom. The smallest absolute Gasteiger partial charge is 0.224 e. The molecule has 0 unspecified atom stereocenters. The summed E-state index contributed by atoms with van der Waals surface area (Å²) in [7, 11) is 0. The molecule has 0 aromatic carbocycles. The van der Waals surface area contributed by atoms with E-state index in [2.05, 4.69) is 11.9 Å². The molecule has 0 saturated carbocycles. The zero-order valence-corrected chi connectivity index (χ0v) is 10.1. The van der Waals surface area contributed by atoms with Crippen LogP contribution in [0.5, 0.6) is 0 Å². The van der Waals surface area contributed by atoms with E-state index in [9.17, 15) is 4.79 Å². The monoisotopic (exact) mass is 207 g/mol. The van der Waals surface area contributed by atoms with Crippen molar-refractivity contribution in [2.24, 2.45) is 0 Å². The third-order valence-corrected chi connectivity index (χ3v) is 1.54. The SMILES string of the molecule is C=C(/C=C\C=C/C)CC(=O)NC(C)(C)C. The third-order valence-electron chi connectivity index (χ3n) is 1.54. The average molecular weight is 207 g/mol. The summed E-state index contributed by atoms with van der Waals surface area (Å²) in [6.45, 7) is 11.6. The first kappa shape index (κ1) is 13.7. The van der Waals surface area contributed by atoms with Gasteiger partial charge in [-0.15, -0.1) is 0 Å². The lowest BCUT2D eigenvalue weighted by molar-refractivity contribution is -0.121. The lowest BCUT2D eigenvalue weighted by Gasteiger charge is -2.20. The Hall–Kier alpha value is -1.31. The molecule has 0 aliphatic carbocycles. The van der Waals surface area contributed by atoms with Crippen LogP contribution in [-0.2, 0) is 4.79 Å². The highest BCUT2D eigenvalue weighted by molar-refractivity contribution is 5.79. The average Bonchev–Trinajstić information content (AvgIpc) is 2.00. The fraction of sp³-hybridized carbons (Fsp3) is 0.462. The summed E-state index contributed by atoms with van der Waals surface area (Å²) in [5, 5.41) is 2.89. The second-order valence-electron chi connectivity index (χ2n) is 4.52. The lowest BCUT2D eigenvalue weighted by atomic mass is 10.1. The highest BCUT2D eigenvalue weighted by Gasteiger charge is 2.13.